The molecule has 0 radical (unpaired) electrons. The van der Waals surface area contributed by atoms with Crippen LogP contribution in [0.2, 0.25) is 0 Å². The average molecular weight is 378 g/mol. The molecule has 2 amide bonds. The Morgan fingerprint density at radius 2 is 2.00 bits per heavy atom. The molecular formula is C18H26N4O5. The van der Waals surface area contributed by atoms with Gasteiger partial charge in [0.25, 0.3) is 5.91 Å². The molecule has 1 heterocycles. The van der Waals surface area contributed by atoms with Crippen molar-refractivity contribution in [1.82, 2.24) is 15.1 Å². The maximum absolute atomic E-state index is 12.9. The van der Waals surface area contributed by atoms with Crippen LogP contribution in [0, 0.1) is 23.7 Å². The molecule has 2 bridgehead atoms. The fourth-order valence-electron chi connectivity index (χ4n) is 4.43. The minimum Gasteiger partial charge on any atom is -0.481 e. The van der Waals surface area contributed by atoms with E-state index in [1.807, 2.05) is 6.92 Å². The van der Waals surface area contributed by atoms with E-state index in [-0.39, 0.29) is 23.4 Å². The van der Waals surface area contributed by atoms with Crippen LogP contribution in [0.25, 0.3) is 0 Å². The van der Waals surface area contributed by atoms with Gasteiger partial charge in [0.1, 0.15) is 0 Å². The van der Waals surface area contributed by atoms with Gasteiger partial charge in [0, 0.05) is 26.4 Å². The highest BCUT2D eigenvalue weighted by atomic mass is 16.5. The van der Waals surface area contributed by atoms with Crippen molar-refractivity contribution in [2.45, 2.75) is 32.7 Å². The summed E-state index contributed by atoms with van der Waals surface area (Å²) in [4.78, 5) is 36.9. The molecule has 3 N–H and O–H groups in total. The molecule has 2 fully saturated rings. The van der Waals surface area contributed by atoms with E-state index in [1.54, 1.807) is 10.9 Å². The van der Waals surface area contributed by atoms with Gasteiger partial charge in [-0.25, -0.2) is 0 Å². The minimum absolute atomic E-state index is 0.0680. The summed E-state index contributed by atoms with van der Waals surface area (Å²) in [6.45, 7) is 3.12. The molecule has 0 aliphatic heterocycles. The van der Waals surface area contributed by atoms with Gasteiger partial charge in [-0.3, -0.25) is 19.1 Å². The fraction of sp³-hybridized carbons (Fsp3) is 0.667. The first-order valence-corrected chi connectivity index (χ1v) is 9.34. The lowest BCUT2D eigenvalue weighted by atomic mass is 9.78. The first-order valence-electron chi connectivity index (χ1n) is 9.34. The molecule has 0 unspecified atom stereocenters. The molecule has 0 aromatic carbocycles. The predicted octanol–water partition coefficient (Wildman–Crippen LogP) is 0.965. The van der Waals surface area contributed by atoms with Crippen molar-refractivity contribution in [3.8, 4) is 0 Å². The molecule has 2 saturated carbocycles. The number of ether oxygens (including phenoxy) is 1. The van der Waals surface area contributed by atoms with Gasteiger partial charge < -0.3 is 20.5 Å². The van der Waals surface area contributed by atoms with Gasteiger partial charge in [-0.1, -0.05) is 0 Å². The zero-order chi connectivity index (χ0) is 19.6. The lowest BCUT2D eigenvalue weighted by Gasteiger charge is -2.26. The Kier molecular flexibility index (Phi) is 5.79. The van der Waals surface area contributed by atoms with Gasteiger partial charge in [-0.2, -0.15) is 5.10 Å². The summed E-state index contributed by atoms with van der Waals surface area (Å²) in [6.07, 6.45) is 4.14. The SMILES string of the molecule is CCn1cc(NC(=O)[C@@H]2[C@H]3CC[C@@H](C3)[C@@H]2C(=O)O)c(C(=O)NCCOC)n1. The van der Waals surface area contributed by atoms with E-state index in [1.165, 1.54) is 7.11 Å². The number of aliphatic carboxylic acids is 1. The second kappa shape index (κ2) is 8.08. The van der Waals surface area contributed by atoms with Gasteiger partial charge in [0.2, 0.25) is 5.91 Å². The normalized spacial score (nSPS) is 26.1. The van der Waals surface area contributed by atoms with E-state index in [9.17, 15) is 19.5 Å². The van der Waals surface area contributed by atoms with E-state index in [0.717, 1.165) is 19.3 Å². The highest BCUT2D eigenvalue weighted by molar-refractivity contribution is 6.03. The third kappa shape index (κ3) is 3.83. The third-order valence-electron chi connectivity index (χ3n) is 5.65. The molecule has 1 aromatic rings. The standard InChI is InChI=1S/C18H26N4O5/c1-3-22-9-12(15(21-22)17(24)19-6-7-27-2)20-16(23)13-10-4-5-11(8-10)14(13)18(25)26/h9-11,13-14H,3-8H2,1-2H3,(H,19,24)(H,20,23)(H,25,26)/t10-,11-,13+,14-/m0/s1. The first-order chi connectivity index (χ1) is 13.0. The van der Waals surface area contributed by atoms with Crippen LogP contribution in [0.3, 0.4) is 0 Å². The molecule has 9 nitrogen and oxygen atoms in total. The summed E-state index contributed by atoms with van der Waals surface area (Å²) in [7, 11) is 1.54. The number of carboxylic acids is 1. The number of anilines is 1. The van der Waals surface area contributed by atoms with E-state index in [2.05, 4.69) is 15.7 Å². The van der Waals surface area contributed by atoms with Gasteiger partial charge >= 0.3 is 5.97 Å². The molecule has 0 spiro atoms. The highest BCUT2D eigenvalue weighted by Gasteiger charge is 2.54. The van der Waals surface area contributed by atoms with Crippen LogP contribution in [0.15, 0.2) is 6.20 Å². The summed E-state index contributed by atoms with van der Waals surface area (Å²) >= 11 is 0. The number of nitrogens with zero attached hydrogens (tertiary/aromatic N) is 2. The molecule has 148 valence electrons. The molecule has 27 heavy (non-hydrogen) atoms. The number of hydrogen-bond acceptors (Lipinski definition) is 5. The number of rotatable bonds is 8. The molecule has 4 atom stereocenters. The number of fused-ring (bicyclic) bond motifs is 2. The molecule has 1 aromatic heterocycles. The smallest absolute Gasteiger partial charge is 0.307 e. The van der Waals surface area contributed by atoms with Crippen molar-refractivity contribution in [3.63, 3.8) is 0 Å². The Labute approximate surface area is 157 Å². The van der Waals surface area contributed by atoms with Crippen LogP contribution in [0.4, 0.5) is 5.69 Å². The summed E-state index contributed by atoms with van der Waals surface area (Å²) in [5.41, 5.74) is 0.431. The van der Waals surface area contributed by atoms with Gasteiger partial charge in [-0.15, -0.1) is 0 Å². The number of nitrogens with one attached hydrogen (secondary N) is 2. The van der Waals surface area contributed by atoms with Crippen molar-refractivity contribution >= 4 is 23.5 Å². The van der Waals surface area contributed by atoms with Crippen LogP contribution in [-0.2, 0) is 20.9 Å². The fourth-order valence-corrected chi connectivity index (χ4v) is 4.43. The van der Waals surface area contributed by atoms with Crippen molar-refractivity contribution in [2.24, 2.45) is 23.7 Å². The number of carboxylic acid groups (broad SMARTS) is 1. The number of aryl methyl sites for hydroxylation is 1. The Hall–Kier alpha value is -2.42. The quantitative estimate of drug-likeness (QED) is 0.579. The van der Waals surface area contributed by atoms with Crippen LogP contribution in [0.5, 0.6) is 0 Å². The number of amides is 2. The van der Waals surface area contributed by atoms with Crippen LogP contribution in [-0.4, -0.2) is 52.9 Å². The monoisotopic (exact) mass is 378 g/mol. The first kappa shape index (κ1) is 19.3. The lowest BCUT2D eigenvalue weighted by Crippen LogP contribution is -2.38. The summed E-state index contributed by atoms with van der Waals surface area (Å²) in [6, 6.07) is 0. The van der Waals surface area contributed by atoms with Gasteiger partial charge in [0.05, 0.1) is 24.1 Å². The molecule has 2 aliphatic carbocycles. The lowest BCUT2D eigenvalue weighted by molar-refractivity contribution is -0.148. The summed E-state index contributed by atoms with van der Waals surface area (Å²) < 4.78 is 6.48. The largest absolute Gasteiger partial charge is 0.481 e. The molecule has 9 heteroatoms. The second-order valence-corrected chi connectivity index (χ2v) is 7.21. The van der Waals surface area contributed by atoms with Crippen molar-refractivity contribution in [1.29, 1.82) is 0 Å². The Morgan fingerprint density at radius 1 is 1.30 bits per heavy atom. The Balaban J connectivity index is 1.76. The van der Waals surface area contributed by atoms with Crippen molar-refractivity contribution < 1.29 is 24.2 Å². The zero-order valence-corrected chi connectivity index (χ0v) is 15.6. The third-order valence-corrected chi connectivity index (χ3v) is 5.65. The number of carbonyl (C=O) groups is 3. The molecule has 0 saturated heterocycles. The van der Waals surface area contributed by atoms with Crippen molar-refractivity contribution in [3.05, 3.63) is 11.9 Å². The van der Waals surface area contributed by atoms with Gasteiger partial charge in [-0.05, 0) is 38.0 Å². The average Bonchev–Trinajstić information content (AvgIpc) is 3.35. The summed E-state index contributed by atoms with van der Waals surface area (Å²) in [5, 5.41) is 19.2. The number of carbonyl (C=O) groups excluding carboxylic acids is 2. The maximum Gasteiger partial charge on any atom is 0.307 e. The topological polar surface area (TPSA) is 123 Å². The molecule has 2 aliphatic rings. The summed E-state index contributed by atoms with van der Waals surface area (Å²) in [5.74, 6) is -2.70. The second-order valence-electron chi connectivity index (χ2n) is 7.21. The predicted molar refractivity (Wildman–Crippen MR) is 96.2 cm³/mol. The zero-order valence-electron chi connectivity index (χ0n) is 15.6. The van der Waals surface area contributed by atoms with E-state index in [0.29, 0.717) is 25.4 Å². The van der Waals surface area contributed by atoms with Gasteiger partial charge in [0.15, 0.2) is 5.69 Å². The van der Waals surface area contributed by atoms with E-state index >= 15 is 0 Å². The van der Waals surface area contributed by atoms with Crippen LogP contribution >= 0.6 is 0 Å². The molecular weight excluding hydrogens is 352 g/mol. The Bertz CT molecular complexity index is 731. The highest BCUT2D eigenvalue weighted by Crippen LogP contribution is 2.52. The van der Waals surface area contributed by atoms with Crippen LogP contribution in [0.1, 0.15) is 36.7 Å². The number of hydrogen-bond donors (Lipinski definition) is 3. The van der Waals surface area contributed by atoms with E-state index in [4.69, 9.17) is 4.74 Å². The number of methoxy groups -OCH3 is 1. The maximum atomic E-state index is 12.9. The Morgan fingerprint density at radius 3 is 2.63 bits per heavy atom. The molecule has 3 rings (SSSR count). The van der Waals surface area contributed by atoms with Crippen LogP contribution < -0.4 is 10.6 Å². The number of aromatic nitrogens is 2. The van der Waals surface area contributed by atoms with Crippen molar-refractivity contribution in [2.75, 3.05) is 25.6 Å². The minimum atomic E-state index is -0.913. The van der Waals surface area contributed by atoms with E-state index < -0.39 is 23.7 Å².